The molecule has 7 nitrogen and oxygen atoms in total. The Balaban J connectivity index is 1.40. The fourth-order valence-corrected chi connectivity index (χ4v) is 4.34. The minimum atomic E-state index is -0.154. The van der Waals surface area contributed by atoms with Gasteiger partial charge in [-0.3, -0.25) is 0 Å². The molecule has 8 heteroatoms. The number of aliphatic imine (C=N–C) groups is 1. The SMILES string of the molecule is CN1C2=NC=C(F)CC2C2=C1CCN(c1ccc3nc(NCCO)oc3c1)C2. The summed E-state index contributed by atoms with van der Waals surface area (Å²) in [4.78, 5) is 13.2. The molecule has 2 aromatic rings. The average molecular weight is 383 g/mol. The van der Waals surface area contributed by atoms with Crippen molar-refractivity contribution in [2.45, 2.75) is 12.8 Å². The predicted octanol–water partition coefficient (Wildman–Crippen LogP) is 2.87. The van der Waals surface area contributed by atoms with E-state index in [1.54, 1.807) is 0 Å². The number of nitrogens with one attached hydrogen (secondary N) is 1. The number of benzene rings is 1. The Bertz CT molecular complexity index is 1020. The second-order valence-corrected chi connectivity index (χ2v) is 7.34. The van der Waals surface area contributed by atoms with Crippen LogP contribution >= 0.6 is 0 Å². The second kappa shape index (κ2) is 6.63. The summed E-state index contributed by atoms with van der Waals surface area (Å²) in [5, 5.41) is 11.9. The molecule has 1 atom stereocenters. The summed E-state index contributed by atoms with van der Waals surface area (Å²) in [7, 11) is 2.03. The van der Waals surface area contributed by atoms with E-state index < -0.39 is 0 Å². The Hall–Kier alpha value is -2.87. The molecule has 3 aliphatic heterocycles. The van der Waals surface area contributed by atoms with Gasteiger partial charge < -0.3 is 24.6 Å². The van der Waals surface area contributed by atoms with Crippen molar-refractivity contribution in [1.82, 2.24) is 9.88 Å². The molecule has 0 bridgehead atoms. The number of rotatable bonds is 4. The van der Waals surface area contributed by atoms with E-state index in [-0.39, 0.29) is 18.4 Å². The van der Waals surface area contributed by atoms with Gasteiger partial charge in [-0.05, 0) is 17.7 Å². The predicted molar refractivity (Wildman–Crippen MR) is 106 cm³/mol. The Morgan fingerprint density at radius 3 is 3.14 bits per heavy atom. The highest BCUT2D eigenvalue weighted by atomic mass is 19.1. The van der Waals surface area contributed by atoms with Crippen molar-refractivity contribution in [2.75, 3.05) is 43.5 Å². The smallest absolute Gasteiger partial charge is 0.295 e. The van der Waals surface area contributed by atoms with E-state index >= 15 is 0 Å². The summed E-state index contributed by atoms with van der Waals surface area (Å²) in [6, 6.07) is 6.39. The van der Waals surface area contributed by atoms with Crippen molar-refractivity contribution < 1.29 is 13.9 Å². The zero-order valence-corrected chi connectivity index (χ0v) is 15.7. The highest BCUT2D eigenvalue weighted by molar-refractivity contribution is 5.93. The fraction of sp³-hybridized carbons (Fsp3) is 0.400. The molecule has 4 heterocycles. The quantitative estimate of drug-likeness (QED) is 0.846. The summed E-state index contributed by atoms with van der Waals surface area (Å²) < 4.78 is 19.6. The van der Waals surface area contributed by atoms with E-state index in [2.05, 4.69) is 25.1 Å². The van der Waals surface area contributed by atoms with Gasteiger partial charge in [-0.25, -0.2) is 9.38 Å². The summed E-state index contributed by atoms with van der Waals surface area (Å²) >= 11 is 0. The molecule has 0 saturated carbocycles. The van der Waals surface area contributed by atoms with Gasteiger partial charge in [0.2, 0.25) is 0 Å². The highest BCUT2D eigenvalue weighted by Crippen LogP contribution is 2.41. The molecule has 1 aromatic heterocycles. The number of amidine groups is 1. The number of nitrogens with zero attached hydrogens (tertiary/aromatic N) is 4. The zero-order valence-electron chi connectivity index (χ0n) is 15.7. The van der Waals surface area contributed by atoms with Crippen molar-refractivity contribution in [1.29, 1.82) is 0 Å². The van der Waals surface area contributed by atoms with Crippen molar-refractivity contribution in [3.8, 4) is 0 Å². The minimum Gasteiger partial charge on any atom is -0.423 e. The van der Waals surface area contributed by atoms with E-state index in [1.807, 2.05) is 25.2 Å². The molecule has 0 saturated heterocycles. The Labute approximate surface area is 161 Å². The molecular formula is C20H22FN5O2. The Morgan fingerprint density at radius 1 is 1.39 bits per heavy atom. The zero-order chi connectivity index (χ0) is 19.3. The van der Waals surface area contributed by atoms with Crippen LogP contribution in [-0.4, -0.2) is 54.1 Å². The maximum absolute atomic E-state index is 13.9. The second-order valence-electron chi connectivity index (χ2n) is 7.34. The summed E-state index contributed by atoms with van der Waals surface area (Å²) in [6.07, 6.45) is 2.65. The van der Waals surface area contributed by atoms with E-state index in [0.717, 1.165) is 36.6 Å². The molecule has 1 aromatic carbocycles. The third-order valence-corrected chi connectivity index (χ3v) is 5.69. The van der Waals surface area contributed by atoms with Crippen molar-refractivity contribution in [3.05, 3.63) is 41.5 Å². The highest BCUT2D eigenvalue weighted by Gasteiger charge is 2.40. The van der Waals surface area contributed by atoms with E-state index in [1.165, 1.54) is 17.5 Å². The first kappa shape index (κ1) is 17.2. The molecular weight excluding hydrogens is 361 g/mol. The van der Waals surface area contributed by atoms with Gasteiger partial charge in [-0.2, -0.15) is 4.98 Å². The number of oxazole rings is 1. The van der Waals surface area contributed by atoms with Crippen LogP contribution in [0.15, 0.2) is 50.9 Å². The number of aromatic nitrogens is 1. The van der Waals surface area contributed by atoms with Crippen LogP contribution in [0.4, 0.5) is 16.1 Å². The molecule has 2 N–H and O–H groups in total. The van der Waals surface area contributed by atoms with Crippen LogP contribution < -0.4 is 10.2 Å². The number of halogens is 1. The van der Waals surface area contributed by atoms with Gasteiger partial charge in [0.1, 0.15) is 17.2 Å². The van der Waals surface area contributed by atoms with Crippen LogP contribution in [0.1, 0.15) is 12.8 Å². The van der Waals surface area contributed by atoms with E-state index in [9.17, 15) is 4.39 Å². The maximum atomic E-state index is 13.9. The van der Waals surface area contributed by atoms with Crippen LogP contribution in [0.25, 0.3) is 11.1 Å². The summed E-state index contributed by atoms with van der Waals surface area (Å²) in [5.41, 5.74) is 5.08. The lowest BCUT2D eigenvalue weighted by atomic mass is 9.91. The normalized spacial score (nSPS) is 21.6. The third kappa shape index (κ3) is 2.75. The maximum Gasteiger partial charge on any atom is 0.295 e. The minimum absolute atomic E-state index is 0.0197. The fourth-order valence-electron chi connectivity index (χ4n) is 4.34. The third-order valence-electron chi connectivity index (χ3n) is 5.69. The molecule has 28 heavy (non-hydrogen) atoms. The molecule has 0 aliphatic carbocycles. The summed E-state index contributed by atoms with van der Waals surface area (Å²) in [6.45, 7) is 2.05. The number of hydrogen-bond acceptors (Lipinski definition) is 7. The lowest BCUT2D eigenvalue weighted by molar-refractivity contribution is 0.310. The van der Waals surface area contributed by atoms with Crippen LogP contribution in [0.3, 0.4) is 0 Å². The van der Waals surface area contributed by atoms with E-state index in [4.69, 9.17) is 9.52 Å². The molecule has 5 rings (SSSR count). The van der Waals surface area contributed by atoms with Crippen molar-refractivity contribution in [3.63, 3.8) is 0 Å². The Kier molecular flexibility index (Phi) is 4.08. The van der Waals surface area contributed by atoms with Crippen LogP contribution in [0, 0.1) is 5.92 Å². The molecule has 0 amide bonds. The van der Waals surface area contributed by atoms with Crippen LogP contribution in [0.2, 0.25) is 0 Å². The topological polar surface area (TPSA) is 77.1 Å². The number of aliphatic hydroxyl groups excluding tert-OH is 1. The van der Waals surface area contributed by atoms with Gasteiger partial charge in [0, 0.05) is 62.9 Å². The first-order valence-electron chi connectivity index (χ1n) is 9.52. The van der Waals surface area contributed by atoms with Crippen molar-refractivity contribution >= 4 is 28.6 Å². The van der Waals surface area contributed by atoms with Gasteiger partial charge in [-0.1, -0.05) is 0 Å². The molecule has 0 radical (unpaired) electrons. The molecule has 0 fully saturated rings. The Morgan fingerprint density at radius 2 is 2.29 bits per heavy atom. The first-order chi connectivity index (χ1) is 13.6. The number of hydrogen-bond donors (Lipinski definition) is 2. The van der Waals surface area contributed by atoms with Crippen LogP contribution in [0.5, 0.6) is 0 Å². The molecule has 0 spiro atoms. The number of fused-ring (bicyclic) bond motifs is 3. The monoisotopic (exact) mass is 383 g/mol. The summed E-state index contributed by atoms with van der Waals surface area (Å²) in [5.74, 6) is 0.841. The number of anilines is 2. The molecule has 1 unspecified atom stereocenters. The van der Waals surface area contributed by atoms with Gasteiger partial charge >= 0.3 is 0 Å². The largest absolute Gasteiger partial charge is 0.423 e. The average Bonchev–Trinajstić information content (AvgIpc) is 3.24. The standard InChI is InChI=1S/C20H22FN5O2/c1-25-17-4-6-26(11-15(17)14-8-12(21)10-23-19(14)25)13-2-3-16-18(9-13)28-20(24-16)22-5-7-27/h2-3,9-10,14,27H,4-8,11H2,1H3,(H,22,24). The molecule has 3 aliphatic rings. The van der Waals surface area contributed by atoms with Crippen LogP contribution in [-0.2, 0) is 0 Å². The van der Waals surface area contributed by atoms with Gasteiger partial charge in [-0.15, -0.1) is 0 Å². The first-order valence-corrected chi connectivity index (χ1v) is 9.52. The number of aliphatic hydroxyl groups is 1. The lowest BCUT2D eigenvalue weighted by Gasteiger charge is -2.32. The number of allylic oxidation sites excluding steroid dienone is 1. The molecule has 146 valence electrons. The lowest BCUT2D eigenvalue weighted by Crippen LogP contribution is -2.33. The van der Waals surface area contributed by atoms with Gasteiger partial charge in [0.15, 0.2) is 5.58 Å². The van der Waals surface area contributed by atoms with Crippen molar-refractivity contribution in [2.24, 2.45) is 10.9 Å². The van der Waals surface area contributed by atoms with E-state index in [0.29, 0.717) is 24.6 Å². The van der Waals surface area contributed by atoms with Gasteiger partial charge in [0.05, 0.1) is 12.8 Å². The van der Waals surface area contributed by atoms with Gasteiger partial charge in [0.25, 0.3) is 6.01 Å².